The first kappa shape index (κ1) is 20.0. The van der Waals surface area contributed by atoms with Gasteiger partial charge < -0.3 is 10.0 Å². The summed E-state index contributed by atoms with van der Waals surface area (Å²) in [6.45, 7) is 4.60. The van der Waals surface area contributed by atoms with Gasteiger partial charge in [-0.25, -0.2) is 13.2 Å². The van der Waals surface area contributed by atoms with E-state index in [1.807, 2.05) is 6.92 Å². The molecule has 0 aliphatic carbocycles. The zero-order chi connectivity index (χ0) is 20.6. The van der Waals surface area contributed by atoms with Gasteiger partial charge in [0, 0.05) is 52.2 Å². The Morgan fingerprint density at radius 2 is 1.79 bits per heavy atom. The fourth-order valence-electron chi connectivity index (χ4n) is 3.14. The first-order valence-corrected chi connectivity index (χ1v) is 10.2. The number of carboxylic acids is 1. The van der Waals surface area contributed by atoms with Crippen LogP contribution in [0.3, 0.4) is 0 Å². The van der Waals surface area contributed by atoms with E-state index in [1.165, 1.54) is 33.3 Å². The molecule has 0 radical (unpaired) electrons. The third-order valence-corrected chi connectivity index (χ3v) is 6.63. The van der Waals surface area contributed by atoms with Gasteiger partial charge in [0.25, 0.3) is 5.91 Å². The summed E-state index contributed by atoms with van der Waals surface area (Å²) in [4.78, 5) is 25.5. The van der Waals surface area contributed by atoms with Crippen LogP contribution in [0.1, 0.15) is 33.5 Å². The topological polar surface area (TPSA) is 131 Å². The number of carbonyl (C=O) groups is 2. The number of amides is 1. The van der Waals surface area contributed by atoms with Crippen LogP contribution in [-0.4, -0.2) is 80.3 Å². The smallest absolute Gasteiger partial charge is 0.339 e. The molecule has 12 heteroatoms. The second kappa shape index (κ2) is 7.36. The van der Waals surface area contributed by atoms with E-state index in [9.17, 15) is 23.1 Å². The molecule has 11 nitrogen and oxygen atoms in total. The summed E-state index contributed by atoms with van der Waals surface area (Å²) in [7, 11) is -2.18. The van der Waals surface area contributed by atoms with Crippen LogP contribution in [0.25, 0.3) is 0 Å². The number of aryl methyl sites for hydroxylation is 3. The number of carboxylic acid groups (broad SMARTS) is 1. The average molecular weight is 410 g/mol. The monoisotopic (exact) mass is 410 g/mol. The van der Waals surface area contributed by atoms with Crippen molar-refractivity contribution in [3.05, 3.63) is 29.3 Å². The third kappa shape index (κ3) is 3.52. The fourth-order valence-corrected chi connectivity index (χ4v) is 4.73. The van der Waals surface area contributed by atoms with Crippen LogP contribution >= 0.6 is 0 Å². The molecule has 2 aromatic heterocycles. The van der Waals surface area contributed by atoms with E-state index < -0.39 is 21.9 Å². The molecule has 1 aliphatic heterocycles. The van der Waals surface area contributed by atoms with Crippen molar-refractivity contribution in [1.82, 2.24) is 28.8 Å². The molecule has 0 atom stereocenters. The van der Waals surface area contributed by atoms with Gasteiger partial charge >= 0.3 is 5.97 Å². The zero-order valence-corrected chi connectivity index (χ0v) is 16.7. The van der Waals surface area contributed by atoms with Crippen LogP contribution < -0.4 is 0 Å². The summed E-state index contributed by atoms with van der Waals surface area (Å²) < 4.78 is 30.0. The number of aromatic carboxylic acids is 1. The number of aromatic nitrogens is 4. The van der Waals surface area contributed by atoms with E-state index in [-0.39, 0.29) is 42.3 Å². The van der Waals surface area contributed by atoms with Crippen molar-refractivity contribution < 1.29 is 23.1 Å². The van der Waals surface area contributed by atoms with Gasteiger partial charge in [0.05, 0.1) is 5.69 Å². The highest BCUT2D eigenvalue weighted by atomic mass is 32.2. The summed E-state index contributed by atoms with van der Waals surface area (Å²) in [6, 6.07) is 0. The fraction of sp³-hybridized carbons (Fsp3) is 0.500. The van der Waals surface area contributed by atoms with Crippen LogP contribution in [0.5, 0.6) is 0 Å². The summed E-state index contributed by atoms with van der Waals surface area (Å²) in [5.74, 6) is -1.76. The van der Waals surface area contributed by atoms with Crippen molar-refractivity contribution in [3.63, 3.8) is 0 Å². The Hall–Kier alpha value is -2.73. The van der Waals surface area contributed by atoms with Gasteiger partial charge in [0.1, 0.15) is 10.5 Å². The Balaban J connectivity index is 1.74. The number of nitrogens with zero attached hydrogens (tertiary/aromatic N) is 6. The largest absolute Gasteiger partial charge is 0.478 e. The van der Waals surface area contributed by atoms with Gasteiger partial charge in [-0.05, 0) is 13.8 Å². The lowest BCUT2D eigenvalue weighted by atomic mass is 10.2. The number of sulfonamides is 1. The van der Waals surface area contributed by atoms with Crippen LogP contribution in [0.2, 0.25) is 0 Å². The van der Waals surface area contributed by atoms with Crippen LogP contribution in [0.4, 0.5) is 0 Å². The molecule has 0 unspecified atom stereocenters. The maximum Gasteiger partial charge on any atom is 0.339 e. The molecular weight excluding hydrogens is 388 g/mol. The Labute approximate surface area is 162 Å². The van der Waals surface area contributed by atoms with Crippen molar-refractivity contribution in [2.45, 2.75) is 25.3 Å². The van der Waals surface area contributed by atoms with Crippen LogP contribution in [0, 0.1) is 6.92 Å². The first-order chi connectivity index (χ1) is 13.1. The molecule has 28 heavy (non-hydrogen) atoms. The molecule has 3 heterocycles. The summed E-state index contributed by atoms with van der Waals surface area (Å²) in [5, 5.41) is 17.4. The summed E-state index contributed by atoms with van der Waals surface area (Å²) >= 11 is 0. The van der Waals surface area contributed by atoms with Gasteiger partial charge in [-0.2, -0.15) is 14.5 Å². The van der Waals surface area contributed by atoms with Gasteiger partial charge in [0.2, 0.25) is 10.0 Å². The lowest BCUT2D eigenvalue weighted by Crippen LogP contribution is -2.50. The van der Waals surface area contributed by atoms with E-state index in [1.54, 1.807) is 11.6 Å². The Morgan fingerprint density at radius 1 is 1.14 bits per heavy atom. The van der Waals surface area contributed by atoms with Gasteiger partial charge in [-0.15, -0.1) is 0 Å². The molecule has 1 fully saturated rings. The summed E-state index contributed by atoms with van der Waals surface area (Å²) in [6.07, 6.45) is 2.78. The number of piperazine rings is 1. The number of rotatable bonds is 5. The lowest BCUT2D eigenvalue weighted by Gasteiger charge is -2.33. The van der Waals surface area contributed by atoms with Gasteiger partial charge in [-0.1, -0.05) is 0 Å². The number of hydrogen-bond donors (Lipinski definition) is 1. The second-order valence-corrected chi connectivity index (χ2v) is 8.41. The molecular formula is C16H22N6O5S. The molecule has 0 spiro atoms. The summed E-state index contributed by atoms with van der Waals surface area (Å²) in [5.41, 5.74) is 0.108. The molecule has 1 N–H and O–H groups in total. The second-order valence-electron chi connectivity index (χ2n) is 6.50. The highest BCUT2D eigenvalue weighted by Crippen LogP contribution is 2.21. The van der Waals surface area contributed by atoms with E-state index >= 15 is 0 Å². The van der Waals surface area contributed by atoms with Crippen molar-refractivity contribution >= 4 is 21.9 Å². The zero-order valence-electron chi connectivity index (χ0n) is 15.9. The van der Waals surface area contributed by atoms with E-state index in [0.717, 1.165) is 0 Å². The standard InChI is InChI=1S/C16H22N6O5S/c1-4-21-10-13(11(2)17-21)28(26,27)22-7-5-20(6-8-22)15(23)14-12(16(24)25)9-19(3)18-14/h9-10H,4-8H2,1-3H3,(H,24,25). The quantitative estimate of drug-likeness (QED) is 0.721. The highest BCUT2D eigenvalue weighted by molar-refractivity contribution is 7.89. The predicted octanol–water partition coefficient (Wildman–Crippen LogP) is -0.210. The van der Waals surface area contributed by atoms with E-state index in [2.05, 4.69) is 10.2 Å². The normalized spacial score (nSPS) is 15.8. The Morgan fingerprint density at radius 3 is 2.32 bits per heavy atom. The Bertz CT molecular complexity index is 1020. The number of hydrogen-bond acceptors (Lipinski definition) is 6. The highest BCUT2D eigenvalue weighted by Gasteiger charge is 2.34. The van der Waals surface area contributed by atoms with Crippen molar-refractivity contribution in [2.24, 2.45) is 7.05 Å². The van der Waals surface area contributed by atoms with Crippen LogP contribution in [-0.2, 0) is 23.6 Å². The van der Waals surface area contributed by atoms with Gasteiger partial charge in [-0.3, -0.25) is 14.2 Å². The maximum absolute atomic E-state index is 12.9. The molecule has 0 saturated carbocycles. The molecule has 2 aromatic rings. The minimum Gasteiger partial charge on any atom is -0.478 e. The average Bonchev–Trinajstić information content (AvgIpc) is 3.24. The lowest BCUT2D eigenvalue weighted by molar-refractivity contribution is 0.0653. The van der Waals surface area contributed by atoms with Crippen molar-refractivity contribution in [2.75, 3.05) is 26.2 Å². The molecule has 152 valence electrons. The maximum atomic E-state index is 12.9. The van der Waals surface area contributed by atoms with E-state index in [0.29, 0.717) is 12.2 Å². The van der Waals surface area contributed by atoms with E-state index in [4.69, 9.17) is 0 Å². The van der Waals surface area contributed by atoms with Crippen molar-refractivity contribution in [3.8, 4) is 0 Å². The van der Waals surface area contributed by atoms with Crippen molar-refractivity contribution in [1.29, 1.82) is 0 Å². The minimum atomic E-state index is -3.72. The first-order valence-electron chi connectivity index (χ1n) is 8.75. The minimum absolute atomic E-state index is 0.111. The predicted molar refractivity (Wildman–Crippen MR) is 97.5 cm³/mol. The molecule has 3 rings (SSSR count). The van der Waals surface area contributed by atoms with Crippen LogP contribution in [0.15, 0.2) is 17.3 Å². The molecule has 1 saturated heterocycles. The molecule has 1 aliphatic rings. The molecule has 0 bridgehead atoms. The van der Waals surface area contributed by atoms with Gasteiger partial charge in [0.15, 0.2) is 5.69 Å². The third-order valence-electron chi connectivity index (χ3n) is 4.63. The molecule has 0 aromatic carbocycles. The Kier molecular flexibility index (Phi) is 5.26. The number of carbonyl (C=O) groups excluding carboxylic acids is 1. The SMILES string of the molecule is CCn1cc(S(=O)(=O)N2CCN(C(=O)c3nn(C)cc3C(=O)O)CC2)c(C)n1. The molecule has 1 amide bonds.